The van der Waals surface area contributed by atoms with Crippen LogP contribution in [0.25, 0.3) is 0 Å². The van der Waals surface area contributed by atoms with Crippen LogP contribution >= 0.6 is 0 Å². The standard InChI is InChI=1S/C20H19N3O5S/c1-2-29(25,26)22-15-7-3-6-14(12-15)16-13-17(18-8-4-10-27-18)23(21-16)20(24)19-9-5-11-28-19/h3-12,17,22H,2,13H2,1H3/t17-/m1/s1. The molecule has 0 spiro atoms. The molecule has 1 aliphatic rings. The van der Waals surface area contributed by atoms with E-state index >= 15 is 0 Å². The van der Waals surface area contributed by atoms with E-state index in [0.717, 1.165) is 0 Å². The minimum absolute atomic E-state index is 0.0236. The zero-order valence-electron chi connectivity index (χ0n) is 15.6. The molecule has 0 radical (unpaired) electrons. The molecule has 1 amide bonds. The van der Waals surface area contributed by atoms with Crippen LogP contribution in [0.5, 0.6) is 0 Å². The summed E-state index contributed by atoms with van der Waals surface area (Å²) in [5.74, 6) is 0.376. The van der Waals surface area contributed by atoms with E-state index in [4.69, 9.17) is 8.83 Å². The van der Waals surface area contributed by atoms with Crippen LogP contribution in [0.3, 0.4) is 0 Å². The van der Waals surface area contributed by atoms with E-state index in [9.17, 15) is 13.2 Å². The Morgan fingerprint density at radius 3 is 2.66 bits per heavy atom. The van der Waals surface area contributed by atoms with E-state index in [1.165, 1.54) is 11.3 Å². The molecule has 0 unspecified atom stereocenters. The summed E-state index contributed by atoms with van der Waals surface area (Å²) < 4.78 is 37.0. The predicted octanol–water partition coefficient (Wildman–Crippen LogP) is 3.63. The second-order valence-corrected chi connectivity index (χ2v) is 8.51. The fourth-order valence-electron chi connectivity index (χ4n) is 3.10. The van der Waals surface area contributed by atoms with E-state index < -0.39 is 16.1 Å². The lowest BCUT2D eigenvalue weighted by molar-refractivity contribution is 0.0660. The van der Waals surface area contributed by atoms with Gasteiger partial charge in [0.15, 0.2) is 5.76 Å². The molecule has 1 aromatic carbocycles. The van der Waals surface area contributed by atoms with Crippen molar-refractivity contribution in [2.24, 2.45) is 5.10 Å². The number of hydrogen-bond donors (Lipinski definition) is 1. The summed E-state index contributed by atoms with van der Waals surface area (Å²) in [5, 5.41) is 5.86. The van der Waals surface area contributed by atoms with Crippen molar-refractivity contribution in [3.63, 3.8) is 0 Å². The van der Waals surface area contributed by atoms with E-state index in [1.54, 1.807) is 55.7 Å². The van der Waals surface area contributed by atoms with Crippen LogP contribution in [0.4, 0.5) is 5.69 Å². The van der Waals surface area contributed by atoms with Crippen molar-refractivity contribution in [3.8, 4) is 0 Å². The van der Waals surface area contributed by atoms with Crippen LogP contribution in [-0.2, 0) is 10.0 Å². The van der Waals surface area contributed by atoms with Gasteiger partial charge in [-0.3, -0.25) is 9.52 Å². The first-order valence-electron chi connectivity index (χ1n) is 9.05. The molecule has 9 heteroatoms. The van der Waals surface area contributed by atoms with Gasteiger partial charge in [0.2, 0.25) is 10.0 Å². The van der Waals surface area contributed by atoms with Crippen LogP contribution < -0.4 is 4.72 Å². The second kappa shape index (κ2) is 7.59. The number of furan rings is 2. The third-order valence-electron chi connectivity index (χ3n) is 4.57. The number of anilines is 1. The molecular weight excluding hydrogens is 394 g/mol. The van der Waals surface area contributed by atoms with E-state index in [-0.39, 0.29) is 17.4 Å². The normalized spacial score (nSPS) is 16.7. The highest BCUT2D eigenvalue weighted by atomic mass is 32.2. The number of carbonyl (C=O) groups excluding carboxylic acids is 1. The highest BCUT2D eigenvalue weighted by Crippen LogP contribution is 2.34. The minimum atomic E-state index is -3.39. The summed E-state index contributed by atoms with van der Waals surface area (Å²) in [4.78, 5) is 12.9. The molecule has 29 heavy (non-hydrogen) atoms. The van der Waals surface area contributed by atoms with Crippen molar-refractivity contribution in [1.29, 1.82) is 0 Å². The van der Waals surface area contributed by atoms with Gasteiger partial charge >= 0.3 is 5.91 Å². The second-order valence-electron chi connectivity index (χ2n) is 6.50. The highest BCUT2D eigenvalue weighted by Gasteiger charge is 2.36. The molecule has 150 valence electrons. The van der Waals surface area contributed by atoms with Gasteiger partial charge in [-0.05, 0) is 48.9 Å². The molecule has 1 N–H and O–H groups in total. The van der Waals surface area contributed by atoms with Crippen molar-refractivity contribution in [1.82, 2.24) is 5.01 Å². The van der Waals surface area contributed by atoms with Gasteiger partial charge in [-0.25, -0.2) is 13.4 Å². The molecule has 0 saturated heterocycles. The lowest BCUT2D eigenvalue weighted by atomic mass is 10.0. The van der Waals surface area contributed by atoms with Gasteiger partial charge in [0.05, 0.1) is 24.0 Å². The Morgan fingerprint density at radius 1 is 1.17 bits per heavy atom. The zero-order chi connectivity index (χ0) is 20.4. The molecule has 3 aromatic rings. The number of amides is 1. The number of rotatable bonds is 6. The Morgan fingerprint density at radius 2 is 1.97 bits per heavy atom. The van der Waals surface area contributed by atoms with Gasteiger partial charge in [0.25, 0.3) is 0 Å². The maximum Gasteiger partial charge on any atom is 0.310 e. The Bertz CT molecular complexity index is 1130. The first kappa shape index (κ1) is 19.0. The lowest BCUT2D eigenvalue weighted by Gasteiger charge is -2.18. The van der Waals surface area contributed by atoms with Gasteiger partial charge in [-0.2, -0.15) is 5.10 Å². The van der Waals surface area contributed by atoms with Gasteiger partial charge < -0.3 is 8.83 Å². The molecule has 0 aliphatic carbocycles. The molecule has 4 rings (SSSR count). The number of nitrogens with one attached hydrogen (secondary N) is 1. The average molecular weight is 413 g/mol. The smallest absolute Gasteiger partial charge is 0.310 e. The third-order valence-corrected chi connectivity index (χ3v) is 5.88. The topological polar surface area (TPSA) is 105 Å². The fraction of sp³-hybridized carbons (Fsp3) is 0.200. The Balaban J connectivity index is 1.67. The maximum atomic E-state index is 12.9. The molecule has 1 atom stereocenters. The molecule has 2 aromatic heterocycles. The van der Waals surface area contributed by atoms with Crippen LogP contribution in [0.2, 0.25) is 0 Å². The summed E-state index contributed by atoms with van der Waals surface area (Å²) in [6.07, 6.45) is 3.39. The number of hydrogen-bond acceptors (Lipinski definition) is 6. The fourth-order valence-corrected chi connectivity index (χ4v) is 3.73. The van der Waals surface area contributed by atoms with E-state index in [0.29, 0.717) is 29.1 Å². The summed E-state index contributed by atoms with van der Waals surface area (Å²) in [6, 6.07) is 13.3. The largest absolute Gasteiger partial charge is 0.467 e. The summed E-state index contributed by atoms with van der Waals surface area (Å²) in [7, 11) is -3.39. The third kappa shape index (κ3) is 3.95. The molecule has 3 heterocycles. The number of nitrogens with zero attached hydrogens (tertiary/aromatic N) is 2. The van der Waals surface area contributed by atoms with Crippen LogP contribution in [0, 0.1) is 0 Å². The summed E-state index contributed by atoms with van der Waals surface area (Å²) >= 11 is 0. The van der Waals surface area contributed by atoms with Gasteiger partial charge in [0, 0.05) is 12.1 Å². The number of carbonyl (C=O) groups is 1. The molecule has 0 bridgehead atoms. The molecule has 1 aliphatic heterocycles. The lowest BCUT2D eigenvalue weighted by Crippen LogP contribution is -2.26. The van der Waals surface area contributed by atoms with Gasteiger partial charge in [-0.1, -0.05) is 12.1 Å². The SMILES string of the molecule is CCS(=O)(=O)Nc1cccc(C2=NN(C(=O)c3ccco3)[C@@H](c3ccco3)C2)c1. The van der Waals surface area contributed by atoms with Crippen LogP contribution in [-0.4, -0.2) is 30.8 Å². The highest BCUT2D eigenvalue weighted by molar-refractivity contribution is 7.92. The average Bonchev–Trinajstić information content (AvgIpc) is 3.48. The monoisotopic (exact) mass is 413 g/mol. The molecule has 0 fully saturated rings. The van der Waals surface area contributed by atoms with Gasteiger partial charge in [0.1, 0.15) is 11.8 Å². The summed E-state index contributed by atoms with van der Waals surface area (Å²) in [6.45, 7) is 1.57. The Kier molecular flexibility index (Phi) is 4.98. The van der Waals surface area contributed by atoms with Crippen molar-refractivity contribution in [2.75, 3.05) is 10.5 Å². The van der Waals surface area contributed by atoms with Crippen molar-refractivity contribution >= 4 is 27.3 Å². The van der Waals surface area contributed by atoms with E-state index in [2.05, 4.69) is 9.82 Å². The number of sulfonamides is 1. The number of benzene rings is 1. The van der Waals surface area contributed by atoms with Crippen molar-refractivity contribution in [2.45, 2.75) is 19.4 Å². The first-order valence-corrected chi connectivity index (χ1v) is 10.7. The quantitative estimate of drug-likeness (QED) is 0.664. The Hall–Kier alpha value is -3.33. The van der Waals surface area contributed by atoms with Crippen molar-refractivity contribution < 1.29 is 22.0 Å². The zero-order valence-corrected chi connectivity index (χ0v) is 16.4. The van der Waals surface area contributed by atoms with Crippen LogP contribution in [0.1, 0.15) is 41.3 Å². The predicted molar refractivity (Wildman–Crippen MR) is 107 cm³/mol. The number of hydrazone groups is 1. The molecular formula is C20H19N3O5S. The molecule has 0 saturated carbocycles. The summed E-state index contributed by atoms with van der Waals surface area (Å²) in [5.41, 5.74) is 1.80. The minimum Gasteiger partial charge on any atom is -0.467 e. The van der Waals surface area contributed by atoms with Crippen LogP contribution in [0.15, 0.2) is 75.0 Å². The van der Waals surface area contributed by atoms with Gasteiger partial charge in [-0.15, -0.1) is 0 Å². The maximum absolute atomic E-state index is 12.9. The Labute approximate surface area is 167 Å². The molecule has 8 nitrogen and oxygen atoms in total. The van der Waals surface area contributed by atoms with E-state index in [1.807, 2.05) is 6.07 Å². The van der Waals surface area contributed by atoms with Crippen molar-refractivity contribution in [3.05, 3.63) is 78.1 Å². The first-order chi connectivity index (χ1) is 14.0.